The number of benzene rings is 2. The van der Waals surface area contributed by atoms with E-state index >= 15 is 0 Å². The first kappa shape index (κ1) is 14.8. The molecule has 0 amide bonds. The minimum Gasteiger partial charge on any atom is -0.487 e. The maximum Gasteiger partial charge on any atom is 0.241 e. The van der Waals surface area contributed by atoms with E-state index in [0.717, 1.165) is 11.1 Å². The molecule has 20 heavy (non-hydrogen) atoms. The Balaban J connectivity index is 2.26. The SMILES string of the molecule is Cc1ccc(OCc2cccc(Cl)c2)c(S(N)(=O)=O)c1. The Kier molecular flexibility index (Phi) is 4.32. The van der Waals surface area contributed by atoms with Crippen LogP contribution in [0.1, 0.15) is 11.1 Å². The molecule has 0 aliphatic heterocycles. The maximum atomic E-state index is 11.5. The highest BCUT2D eigenvalue weighted by molar-refractivity contribution is 7.89. The molecule has 0 bridgehead atoms. The summed E-state index contributed by atoms with van der Waals surface area (Å²) in [5.41, 5.74) is 1.64. The number of ether oxygens (including phenoxy) is 1. The lowest BCUT2D eigenvalue weighted by atomic mass is 10.2. The Labute approximate surface area is 123 Å². The van der Waals surface area contributed by atoms with E-state index < -0.39 is 10.0 Å². The lowest BCUT2D eigenvalue weighted by Gasteiger charge is -2.11. The van der Waals surface area contributed by atoms with Crippen LogP contribution in [0, 0.1) is 6.92 Å². The fourth-order valence-electron chi connectivity index (χ4n) is 1.74. The van der Waals surface area contributed by atoms with Crippen LogP contribution in [0.2, 0.25) is 5.02 Å². The number of sulfonamides is 1. The highest BCUT2D eigenvalue weighted by Crippen LogP contribution is 2.25. The van der Waals surface area contributed by atoms with E-state index in [2.05, 4.69) is 0 Å². The van der Waals surface area contributed by atoms with Gasteiger partial charge in [0.1, 0.15) is 17.3 Å². The van der Waals surface area contributed by atoms with Gasteiger partial charge in [-0.1, -0.05) is 29.8 Å². The van der Waals surface area contributed by atoms with Gasteiger partial charge < -0.3 is 4.74 Å². The summed E-state index contributed by atoms with van der Waals surface area (Å²) in [7, 11) is -3.82. The van der Waals surface area contributed by atoms with Crippen LogP contribution in [0.4, 0.5) is 0 Å². The van der Waals surface area contributed by atoms with Crippen LogP contribution in [0.3, 0.4) is 0 Å². The third kappa shape index (κ3) is 3.72. The van der Waals surface area contributed by atoms with Crippen LogP contribution in [0.25, 0.3) is 0 Å². The predicted molar refractivity (Wildman–Crippen MR) is 78.3 cm³/mol. The van der Waals surface area contributed by atoms with Gasteiger partial charge in [0.25, 0.3) is 0 Å². The summed E-state index contributed by atoms with van der Waals surface area (Å²) in [5, 5.41) is 5.79. The van der Waals surface area contributed by atoms with Crippen molar-refractivity contribution in [1.82, 2.24) is 0 Å². The number of nitrogens with two attached hydrogens (primary N) is 1. The summed E-state index contributed by atoms with van der Waals surface area (Å²) >= 11 is 5.88. The van der Waals surface area contributed by atoms with E-state index in [9.17, 15) is 8.42 Å². The number of rotatable bonds is 4. The lowest BCUT2D eigenvalue weighted by molar-refractivity contribution is 0.298. The number of hydrogen-bond acceptors (Lipinski definition) is 3. The average molecular weight is 312 g/mol. The van der Waals surface area contributed by atoms with Crippen molar-refractivity contribution < 1.29 is 13.2 Å². The highest BCUT2D eigenvalue weighted by atomic mass is 35.5. The summed E-state index contributed by atoms with van der Waals surface area (Å²) in [6.45, 7) is 2.00. The minimum atomic E-state index is -3.82. The fourth-order valence-corrected chi connectivity index (χ4v) is 2.72. The van der Waals surface area contributed by atoms with Gasteiger partial charge in [0.2, 0.25) is 10.0 Å². The standard InChI is InChI=1S/C14H14ClNO3S/c1-10-5-6-13(14(7-10)20(16,17)18)19-9-11-3-2-4-12(15)8-11/h2-8H,9H2,1H3,(H2,16,17,18). The number of hydrogen-bond donors (Lipinski definition) is 1. The number of aryl methyl sites for hydroxylation is 1. The Morgan fingerprint density at radius 3 is 2.60 bits per heavy atom. The van der Waals surface area contributed by atoms with Crippen molar-refractivity contribution in [3.8, 4) is 5.75 Å². The van der Waals surface area contributed by atoms with Crippen molar-refractivity contribution in [2.75, 3.05) is 0 Å². The van der Waals surface area contributed by atoms with E-state index in [1.807, 2.05) is 6.07 Å². The smallest absolute Gasteiger partial charge is 0.241 e. The van der Waals surface area contributed by atoms with Crippen LogP contribution in [0.5, 0.6) is 5.75 Å². The topological polar surface area (TPSA) is 69.4 Å². The van der Waals surface area contributed by atoms with Crippen molar-refractivity contribution >= 4 is 21.6 Å². The molecule has 0 heterocycles. The maximum absolute atomic E-state index is 11.5. The molecule has 2 N–H and O–H groups in total. The fraction of sp³-hybridized carbons (Fsp3) is 0.143. The van der Waals surface area contributed by atoms with E-state index in [1.165, 1.54) is 6.07 Å². The Morgan fingerprint density at radius 1 is 1.20 bits per heavy atom. The van der Waals surface area contributed by atoms with Crippen LogP contribution in [-0.2, 0) is 16.6 Å². The van der Waals surface area contributed by atoms with E-state index in [4.69, 9.17) is 21.5 Å². The first-order valence-corrected chi connectivity index (χ1v) is 7.79. The molecule has 0 atom stereocenters. The van der Waals surface area contributed by atoms with Crippen molar-refractivity contribution in [1.29, 1.82) is 0 Å². The molecule has 2 aromatic carbocycles. The van der Waals surface area contributed by atoms with Crippen molar-refractivity contribution in [2.45, 2.75) is 18.4 Å². The second kappa shape index (κ2) is 5.83. The quantitative estimate of drug-likeness (QED) is 0.944. The zero-order valence-electron chi connectivity index (χ0n) is 10.8. The van der Waals surface area contributed by atoms with Crippen molar-refractivity contribution in [3.63, 3.8) is 0 Å². The predicted octanol–water partition coefficient (Wildman–Crippen LogP) is 2.87. The second-order valence-corrected chi connectivity index (χ2v) is 6.38. The molecule has 2 rings (SSSR count). The molecule has 0 saturated heterocycles. The first-order chi connectivity index (χ1) is 9.36. The third-order valence-electron chi connectivity index (χ3n) is 2.69. The third-order valence-corrected chi connectivity index (χ3v) is 3.86. The normalized spacial score (nSPS) is 11.3. The van der Waals surface area contributed by atoms with E-state index in [1.54, 1.807) is 37.3 Å². The molecule has 0 spiro atoms. The number of primary sulfonamides is 1. The molecule has 0 fully saturated rings. The second-order valence-electron chi connectivity index (χ2n) is 4.41. The molecule has 0 saturated carbocycles. The van der Waals surface area contributed by atoms with Gasteiger partial charge in [-0.2, -0.15) is 0 Å². The van der Waals surface area contributed by atoms with Gasteiger partial charge in [-0.05, 0) is 42.3 Å². The van der Waals surface area contributed by atoms with Gasteiger partial charge in [0, 0.05) is 5.02 Å². The Morgan fingerprint density at radius 2 is 1.95 bits per heavy atom. The van der Waals surface area contributed by atoms with Crippen molar-refractivity contribution in [2.24, 2.45) is 5.14 Å². The van der Waals surface area contributed by atoms with Gasteiger partial charge in [0.15, 0.2) is 0 Å². The monoisotopic (exact) mass is 311 g/mol. The number of halogens is 1. The largest absolute Gasteiger partial charge is 0.487 e. The average Bonchev–Trinajstić information content (AvgIpc) is 2.36. The summed E-state index contributed by atoms with van der Waals surface area (Å²) in [6.07, 6.45) is 0. The molecule has 4 nitrogen and oxygen atoms in total. The van der Waals surface area contributed by atoms with Gasteiger partial charge >= 0.3 is 0 Å². The Bertz CT molecular complexity index is 729. The van der Waals surface area contributed by atoms with Crippen LogP contribution in [-0.4, -0.2) is 8.42 Å². The summed E-state index contributed by atoms with van der Waals surface area (Å²) in [6, 6.07) is 12.0. The first-order valence-electron chi connectivity index (χ1n) is 5.87. The zero-order valence-corrected chi connectivity index (χ0v) is 12.4. The molecule has 0 unspecified atom stereocenters. The van der Waals surface area contributed by atoms with Gasteiger partial charge in [0.05, 0.1) is 0 Å². The van der Waals surface area contributed by atoms with Crippen LogP contribution in [0.15, 0.2) is 47.4 Å². The van der Waals surface area contributed by atoms with Gasteiger partial charge in [-0.15, -0.1) is 0 Å². The van der Waals surface area contributed by atoms with Gasteiger partial charge in [-0.3, -0.25) is 0 Å². The van der Waals surface area contributed by atoms with Crippen molar-refractivity contribution in [3.05, 3.63) is 58.6 Å². The van der Waals surface area contributed by atoms with Crippen LogP contribution >= 0.6 is 11.6 Å². The Hall–Kier alpha value is -1.56. The molecule has 0 aliphatic carbocycles. The summed E-state index contributed by atoms with van der Waals surface area (Å²) in [4.78, 5) is -0.0143. The lowest BCUT2D eigenvalue weighted by Crippen LogP contribution is -2.14. The van der Waals surface area contributed by atoms with Crippen LogP contribution < -0.4 is 9.88 Å². The van der Waals surface area contributed by atoms with E-state index in [-0.39, 0.29) is 17.3 Å². The molecule has 0 aliphatic rings. The molecule has 0 aromatic heterocycles. The van der Waals surface area contributed by atoms with E-state index in [0.29, 0.717) is 5.02 Å². The molecule has 106 valence electrons. The molecular formula is C14H14ClNO3S. The van der Waals surface area contributed by atoms with Gasteiger partial charge in [-0.25, -0.2) is 13.6 Å². The zero-order chi connectivity index (χ0) is 14.8. The summed E-state index contributed by atoms with van der Waals surface area (Å²) in [5.74, 6) is 0.234. The highest BCUT2D eigenvalue weighted by Gasteiger charge is 2.15. The summed E-state index contributed by atoms with van der Waals surface area (Å²) < 4.78 is 28.6. The minimum absolute atomic E-state index is 0.0143. The molecule has 2 aromatic rings. The molecular weight excluding hydrogens is 298 g/mol. The molecule has 0 radical (unpaired) electrons. The molecule has 6 heteroatoms.